The van der Waals surface area contributed by atoms with Crippen LogP contribution in [0.3, 0.4) is 0 Å². The summed E-state index contributed by atoms with van der Waals surface area (Å²) < 4.78 is 1.50. The van der Waals surface area contributed by atoms with E-state index in [4.69, 9.17) is 0 Å². The van der Waals surface area contributed by atoms with Gasteiger partial charge in [0.2, 0.25) is 0 Å². The molecule has 20 heavy (non-hydrogen) atoms. The number of benzene rings is 1. The molecule has 1 aromatic carbocycles. The second-order valence-corrected chi connectivity index (χ2v) is 4.52. The van der Waals surface area contributed by atoms with Crippen molar-refractivity contribution in [2.24, 2.45) is 0 Å². The van der Waals surface area contributed by atoms with Gasteiger partial charge in [-0.05, 0) is 12.1 Å². The average Bonchev–Trinajstić information content (AvgIpc) is 2.94. The fourth-order valence-electron chi connectivity index (χ4n) is 2.31. The number of H-pyrrole nitrogens is 1. The molecular weight excluding hydrogens is 252 g/mol. The zero-order valence-electron chi connectivity index (χ0n) is 10.4. The van der Waals surface area contributed by atoms with E-state index in [9.17, 15) is 4.79 Å². The first-order valence-electron chi connectivity index (χ1n) is 6.24. The fraction of sp³-hybridized carbons (Fsp3) is 0. The molecule has 0 fully saturated rings. The van der Waals surface area contributed by atoms with Gasteiger partial charge in [0.25, 0.3) is 0 Å². The van der Waals surface area contributed by atoms with E-state index in [2.05, 4.69) is 15.0 Å². The average molecular weight is 262 g/mol. The summed E-state index contributed by atoms with van der Waals surface area (Å²) in [6.45, 7) is 0. The van der Waals surface area contributed by atoms with E-state index in [1.54, 1.807) is 18.5 Å². The van der Waals surface area contributed by atoms with Crippen LogP contribution in [0, 0.1) is 0 Å². The molecule has 0 amide bonds. The Bertz CT molecular complexity index is 969. The van der Waals surface area contributed by atoms with Crippen LogP contribution in [0.4, 0.5) is 0 Å². The quantitative estimate of drug-likeness (QED) is 0.572. The third-order valence-electron chi connectivity index (χ3n) is 3.26. The van der Waals surface area contributed by atoms with Gasteiger partial charge in [0.1, 0.15) is 5.52 Å². The van der Waals surface area contributed by atoms with Crippen LogP contribution in [-0.2, 0) is 0 Å². The number of hydrogen-bond donors (Lipinski definition) is 1. The van der Waals surface area contributed by atoms with Gasteiger partial charge in [-0.15, -0.1) is 0 Å². The molecule has 3 aromatic heterocycles. The molecule has 0 radical (unpaired) electrons. The van der Waals surface area contributed by atoms with Crippen molar-refractivity contribution in [3.05, 3.63) is 65.3 Å². The van der Waals surface area contributed by atoms with Gasteiger partial charge in [-0.2, -0.15) is 0 Å². The van der Waals surface area contributed by atoms with Crippen LogP contribution in [0.15, 0.2) is 59.7 Å². The predicted octanol–water partition coefficient (Wildman–Crippen LogP) is 2.24. The van der Waals surface area contributed by atoms with E-state index in [-0.39, 0.29) is 5.69 Å². The Kier molecular flexibility index (Phi) is 2.20. The molecule has 0 spiro atoms. The van der Waals surface area contributed by atoms with Crippen molar-refractivity contribution in [3.63, 3.8) is 0 Å². The monoisotopic (exact) mass is 262 g/mol. The highest BCUT2D eigenvalue weighted by Crippen LogP contribution is 2.20. The summed E-state index contributed by atoms with van der Waals surface area (Å²) in [5, 5.41) is 0. The summed E-state index contributed by atoms with van der Waals surface area (Å²) in [4.78, 5) is 23.7. The molecular formula is C15H10N4O. The minimum atomic E-state index is -0.213. The highest BCUT2D eigenvalue weighted by molar-refractivity contribution is 5.88. The smallest absolute Gasteiger partial charge is 0.305 e. The molecule has 0 aliphatic heterocycles. The summed E-state index contributed by atoms with van der Waals surface area (Å²) in [5.74, 6) is 0. The van der Waals surface area contributed by atoms with Crippen molar-refractivity contribution < 1.29 is 0 Å². The third-order valence-corrected chi connectivity index (χ3v) is 3.26. The first-order chi connectivity index (χ1) is 9.83. The zero-order valence-corrected chi connectivity index (χ0v) is 10.4. The SMILES string of the molecule is O=c1[nH]c2cccnc2c2nc(-c3ccccc3)cn12. The number of aromatic nitrogens is 4. The number of nitrogens with one attached hydrogen (secondary N) is 1. The minimum absolute atomic E-state index is 0.213. The second-order valence-electron chi connectivity index (χ2n) is 4.52. The van der Waals surface area contributed by atoms with E-state index < -0.39 is 0 Å². The van der Waals surface area contributed by atoms with Crippen molar-refractivity contribution in [3.8, 4) is 11.3 Å². The molecule has 1 N–H and O–H groups in total. The van der Waals surface area contributed by atoms with E-state index in [0.717, 1.165) is 11.3 Å². The maximum Gasteiger partial charge on any atom is 0.331 e. The topological polar surface area (TPSA) is 63.0 Å². The lowest BCUT2D eigenvalue weighted by Gasteiger charge is -1.97. The molecule has 4 rings (SSSR count). The Hall–Kier alpha value is -2.95. The lowest BCUT2D eigenvalue weighted by atomic mass is 10.2. The summed E-state index contributed by atoms with van der Waals surface area (Å²) in [6.07, 6.45) is 3.43. The molecule has 0 saturated heterocycles. The van der Waals surface area contributed by atoms with Crippen molar-refractivity contribution in [1.29, 1.82) is 0 Å². The van der Waals surface area contributed by atoms with Crippen LogP contribution in [0.1, 0.15) is 0 Å². The van der Waals surface area contributed by atoms with Crippen LogP contribution in [0.5, 0.6) is 0 Å². The second kappa shape index (κ2) is 4.03. The number of fused-ring (bicyclic) bond motifs is 3. The summed E-state index contributed by atoms with van der Waals surface area (Å²) in [7, 11) is 0. The number of aromatic amines is 1. The van der Waals surface area contributed by atoms with Gasteiger partial charge in [-0.25, -0.2) is 14.2 Å². The van der Waals surface area contributed by atoms with Crippen molar-refractivity contribution >= 4 is 16.7 Å². The predicted molar refractivity (Wildman–Crippen MR) is 76.5 cm³/mol. The summed E-state index contributed by atoms with van der Waals surface area (Å²) in [5.41, 5.74) is 3.47. The van der Waals surface area contributed by atoms with E-state index in [0.29, 0.717) is 16.7 Å². The number of nitrogens with zero attached hydrogens (tertiary/aromatic N) is 3. The van der Waals surface area contributed by atoms with Crippen molar-refractivity contribution in [2.75, 3.05) is 0 Å². The van der Waals surface area contributed by atoms with Gasteiger partial charge in [0.15, 0.2) is 5.65 Å². The molecule has 0 aliphatic carbocycles. The molecule has 5 heteroatoms. The maximum absolute atomic E-state index is 12.1. The van der Waals surface area contributed by atoms with Gasteiger partial charge >= 0.3 is 5.69 Å². The van der Waals surface area contributed by atoms with Gasteiger partial charge < -0.3 is 4.98 Å². The van der Waals surface area contributed by atoms with Gasteiger partial charge in [0.05, 0.1) is 11.2 Å². The van der Waals surface area contributed by atoms with E-state index in [1.807, 2.05) is 36.4 Å². The highest BCUT2D eigenvalue weighted by atomic mass is 16.1. The standard InChI is InChI=1S/C15H10N4O/c20-15-18-11-7-4-8-16-13(11)14-17-12(9-19(14)15)10-5-2-1-3-6-10/h1-9H,(H,18,20). The number of hydrogen-bond acceptors (Lipinski definition) is 3. The number of pyridine rings is 1. The normalized spacial score (nSPS) is 11.2. The van der Waals surface area contributed by atoms with Crippen molar-refractivity contribution in [1.82, 2.24) is 19.4 Å². The number of imidazole rings is 1. The molecule has 0 atom stereocenters. The summed E-state index contributed by atoms with van der Waals surface area (Å²) in [6, 6.07) is 13.4. The van der Waals surface area contributed by atoms with E-state index >= 15 is 0 Å². The molecule has 0 saturated carbocycles. The fourth-order valence-corrected chi connectivity index (χ4v) is 2.31. The maximum atomic E-state index is 12.1. The lowest BCUT2D eigenvalue weighted by Crippen LogP contribution is -2.15. The van der Waals surface area contributed by atoms with Crippen LogP contribution >= 0.6 is 0 Å². The molecule has 0 bridgehead atoms. The largest absolute Gasteiger partial charge is 0.331 e. The van der Waals surface area contributed by atoms with Crippen LogP contribution in [0.25, 0.3) is 27.9 Å². The number of rotatable bonds is 1. The van der Waals surface area contributed by atoms with Crippen LogP contribution < -0.4 is 5.69 Å². The first kappa shape index (κ1) is 10.9. The Labute approximate surface area is 113 Å². The zero-order chi connectivity index (χ0) is 13.5. The molecule has 0 unspecified atom stereocenters. The minimum Gasteiger partial charge on any atom is -0.305 e. The Morgan fingerprint density at radius 2 is 1.90 bits per heavy atom. The summed E-state index contributed by atoms with van der Waals surface area (Å²) >= 11 is 0. The molecule has 5 nitrogen and oxygen atoms in total. The van der Waals surface area contributed by atoms with Crippen LogP contribution in [-0.4, -0.2) is 19.4 Å². The Balaban J connectivity index is 2.11. The molecule has 3 heterocycles. The highest BCUT2D eigenvalue weighted by Gasteiger charge is 2.10. The third kappa shape index (κ3) is 1.53. The molecule has 96 valence electrons. The molecule has 4 aromatic rings. The van der Waals surface area contributed by atoms with Gasteiger partial charge in [-0.3, -0.25) is 4.98 Å². The Morgan fingerprint density at radius 3 is 2.75 bits per heavy atom. The lowest BCUT2D eigenvalue weighted by molar-refractivity contribution is 1.03. The first-order valence-corrected chi connectivity index (χ1v) is 6.24. The van der Waals surface area contributed by atoms with Crippen LogP contribution in [0.2, 0.25) is 0 Å². The van der Waals surface area contributed by atoms with Gasteiger partial charge in [0, 0.05) is 18.0 Å². The Morgan fingerprint density at radius 1 is 1.05 bits per heavy atom. The molecule has 0 aliphatic rings. The van der Waals surface area contributed by atoms with Crippen molar-refractivity contribution in [2.45, 2.75) is 0 Å². The van der Waals surface area contributed by atoms with Gasteiger partial charge in [-0.1, -0.05) is 30.3 Å². The van der Waals surface area contributed by atoms with E-state index in [1.165, 1.54) is 4.40 Å².